The van der Waals surface area contributed by atoms with Gasteiger partial charge in [-0.3, -0.25) is 13.9 Å². The van der Waals surface area contributed by atoms with Crippen molar-refractivity contribution in [1.29, 1.82) is 0 Å². The Labute approximate surface area is 257 Å². The molecule has 1 unspecified atom stereocenters. The largest absolute Gasteiger partial charge is 0.497 e. The predicted molar refractivity (Wildman–Crippen MR) is 168 cm³/mol. The van der Waals surface area contributed by atoms with Crippen LogP contribution in [0.25, 0.3) is 0 Å². The molecule has 0 radical (unpaired) electrons. The molecule has 1 aliphatic carbocycles. The number of hydrogen-bond donors (Lipinski definition) is 1. The van der Waals surface area contributed by atoms with Crippen molar-refractivity contribution in [3.8, 4) is 5.75 Å². The molecule has 3 aromatic carbocycles. The predicted octanol–water partition coefficient (Wildman–Crippen LogP) is 5.83. The summed E-state index contributed by atoms with van der Waals surface area (Å²) in [6.07, 6.45) is 5.11. The molecule has 0 spiro atoms. The highest BCUT2D eigenvalue weighted by atomic mass is 79.9. The van der Waals surface area contributed by atoms with Crippen LogP contribution in [0.2, 0.25) is 0 Å². The lowest BCUT2D eigenvalue weighted by Gasteiger charge is -2.33. The van der Waals surface area contributed by atoms with Crippen molar-refractivity contribution in [2.45, 2.75) is 69.5 Å². The quantitative estimate of drug-likeness (QED) is 0.281. The summed E-state index contributed by atoms with van der Waals surface area (Å²) >= 11 is 3.40. The fourth-order valence-corrected chi connectivity index (χ4v) is 6.73. The van der Waals surface area contributed by atoms with Crippen molar-refractivity contribution in [3.63, 3.8) is 0 Å². The molecule has 42 heavy (non-hydrogen) atoms. The Morgan fingerprint density at radius 3 is 2.17 bits per heavy atom. The van der Waals surface area contributed by atoms with Crippen LogP contribution < -0.4 is 14.4 Å². The van der Waals surface area contributed by atoms with Gasteiger partial charge in [-0.15, -0.1) is 0 Å². The Morgan fingerprint density at radius 1 is 0.952 bits per heavy atom. The first kappa shape index (κ1) is 31.6. The molecular weight excluding hydrogens is 618 g/mol. The normalized spacial score (nSPS) is 14.6. The first-order valence-electron chi connectivity index (χ1n) is 14.2. The van der Waals surface area contributed by atoms with Gasteiger partial charge in [-0.05, 0) is 80.8 Å². The number of aryl methyl sites for hydroxylation is 1. The average Bonchev–Trinajstić information content (AvgIpc) is 2.99. The molecule has 2 amide bonds. The molecule has 0 aromatic heterocycles. The average molecular weight is 657 g/mol. The van der Waals surface area contributed by atoms with Crippen LogP contribution in [0.4, 0.5) is 5.69 Å². The van der Waals surface area contributed by atoms with Crippen LogP contribution in [0, 0.1) is 6.92 Å². The molecule has 1 N–H and O–H groups in total. The lowest BCUT2D eigenvalue weighted by molar-refractivity contribution is -0.139. The molecule has 1 saturated carbocycles. The molecule has 1 atom stereocenters. The summed E-state index contributed by atoms with van der Waals surface area (Å²) in [6.45, 7) is 3.22. The first-order chi connectivity index (χ1) is 20.1. The maximum Gasteiger partial charge on any atom is 0.264 e. The summed E-state index contributed by atoms with van der Waals surface area (Å²) in [5.74, 6) is -0.0682. The number of rotatable bonds is 11. The molecule has 0 saturated heterocycles. The smallest absolute Gasteiger partial charge is 0.264 e. The molecular formula is C32H38BrN3O5S. The second kappa shape index (κ2) is 14.2. The van der Waals surface area contributed by atoms with Crippen LogP contribution in [0.5, 0.6) is 5.75 Å². The van der Waals surface area contributed by atoms with Gasteiger partial charge in [0.25, 0.3) is 10.0 Å². The topological polar surface area (TPSA) is 96.0 Å². The SMILES string of the molecule is COc1ccc(CN(C(=O)CN(c2ccc(Br)cc2)S(=O)(=O)c2ccc(C)cc2)C(C)C(=O)NC2CCCCC2)cc1. The van der Waals surface area contributed by atoms with E-state index in [2.05, 4.69) is 21.2 Å². The van der Waals surface area contributed by atoms with Gasteiger partial charge in [0, 0.05) is 17.1 Å². The summed E-state index contributed by atoms with van der Waals surface area (Å²) < 4.78 is 35.0. The molecule has 0 heterocycles. The van der Waals surface area contributed by atoms with Gasteiger partial charge < -0.3 is 15.0 Å². The number of methoxy groups -OCH3 is 1. The Balaban J connectivity index is 1.66. The van der Waals surface area contributed by atoms with Crippen LogP contribution >= 0.6 is 15.9 Å². The molecule has 8 nitrogen and oxygen atoms in total. The highest BCUT2D eigenvalue weighted by Crippen LogP contribution is 2.27. The summed E-state index contributed by atoms with van der Waals surface area (Å²) in [6, 6.07) is 19.8. The maximum atomic E-state index is 14.1. The molecule has 1 aliphatic rings. The molecule has 1 fully saturated rings. The minimum atomic E-state index is -4.11. The van der Waals surface area contributed by atoms with Crippen LogP contribution in [0.3, 0.4) is 0 Å². The van der Waals surface area contributed by atoms with Crippen molar-refractivity contribution in [2.75, 3.05) is 18.0 Å². The second-order valence-corrected chi connectivity index (χ2v) is 13.5. The minimum Gasteiger partial charge on any atom is -0.497 e. The zero-order valence-electron chi connectivity index (χ0n) is 24.3. The molecule has 224 valence electrons. The Bertz CT molecular complexity index is 1460. The fourth-order valence-electron chi connectivity index (χ4n) is 5.05. The lowest BCUT2D eigenvalue weighted by atomic mass is 9.95. The van der Waals surface area contributed by atoms with Gasteiger partial charge in [0.1, 0.15) is 18.3 Å². The van der Waals surface area contributed by atoms with Gasteiger partial charge in [0.2, 0.25) is 11.8 Å². The standard InChI is InChI=1S/C32H38BrN3O5S/c1-23-9-19-30(20-10-23)42(39,40)36(28-15-13-26(33)14-16-28)22-31(37)35(21-25-11-17-29(41-3)18-12-25)24(2)32(38)34-27-7-5-4-6-8-27/h9-20,24,27H,4-8,21-22H2,1-3H3,(H,34,38). The molecule has 4 rings (SSSR count). The number of sulfonamides is 1. The number of carbonyl (C=O) groups excluding carboxylic acids is 2. The highest BCUT2D eigenvalue weighted by Gasteiger charge is 2.33. The summed E-state index contributed by atoms with van der Waals surface area (Å²) in [7, 11) is -2.53. The zero-order chi connectivity index (χ0) is 30.3. The molecule has 0 aliphatic heterocycles. The number of carbonyl (C=O) groups is 2. The van der Waals surface area contributed by atoms with E-state index in [0.717, 1.165) is 52.0 Å². The van der Waals surface area contributed by atoms with E-state index < -0.39 is 28.5 Å². The number of hydrogen-bond acceptors (Lipinski definition) is 5. The number of amides is 2. The van der Waals surface area contributed by atoms with Crippen LogP contribution in [-0.2, 0) is 26.2 Å². The molecule has 3 aromatic rings. The van der Waals surface area contributed by atoms with E-state index in [9.17, 15) is 18.0 Å². The summed E-state index contributed by atoms with van der Waals surface area (Å²) in [5.41, 5.74) is 2.05. The number of halogens is 1. The molecule has 0 bridgehead atoms. The number of nitrogens with one attached hydrogen (secondary N) is 1. The summed E-state index contributed by atoms with van der Waals surface area (Å²) in [5, 5.41) is 3.12. The van der Waals surface area contributed by atoms with Gasteiger partial charge in [-0.2, -0.15) is 0 Å². The highest BCUT2D eigenvalue weighted by molar-refractivity contribution is 9.10. The number of nitrogens with zero attached hydrogens (tertiary/aromatic N) is 2. The van der Waals surface area contributed by atoms with E-state index in [-0.39, 0.29) is 23.4 Å². The maximum absolute atomic E-state index is 14.1. The monoisotopic (exact) mass is 655 g/mol. The van der Waals surface area contributed by atoms with E-state index in [0.29, 0.717) is 11.4 Å². The van der Waals surface area contributed by atoms with Gasteiger partial charge in [0.05, 0.1) is 17.7 Å². The number of ether oxygens (including phenoxy) is 1. The van der Waals surface area contributed by atoms with E-state index in [4.69, 9.17) is 4.74 Å². The fraction of sp³-hybridized carbons (Fsp3) is 0.375. The number of anilines is 1. The third-order valence-corrected chi connectivity index (χ3v) is 9.95. The Kier molecular flexibility index (Phi) is 10.7. The summed E-state index contributed by atoms with van der Waals surface area (Å²) in [4.78, 5) is 29.1. The molecule has 10 heteroatoms. The van der Waals surface area contributed by atoms with Crippen molar-refractivity contribution in [1.82, 2.24) is 10.2 Å². The van der Waals surface area contributed by atoms with E-state index in [1.54, 1.807) is 62.6 Å². The Morgan fingerprint density at radius 2 is 1.57 bits per heavy atom. The minimum absolute atomic E-state index is 0.0767. The van der Waals surface area contributed by atoms with Gasteiger partial charge in [-0.25, -0.2) is 8.42 Å². The Hall–Kier alpha value is -3.37. The zero-order valence-corrected chi connectivity index (χ0v) is 26.7. The van der Waals surface area contributed by atoms with Gasteiger partial charge >= 0.3 is 0 Å². The third kappa shape index (κ3) is 7.92. The van der Waals surface area contributed by atoms with Crippen molar-refractivity contribution in [2.24, 2.45) is 0 Å². The first-order valence-corrected chi connectivity index (χ1v) is 16.4. The number of benzene rings is 3. The van der Waals surface area contributed by atoms with E-state index >= 15 is 0 Å². The third-order valence-electron chi connectivity index (χ3n) is 7.63. The van der Waals surface area contributed by atoms with E-state index in [1.165, 1.54) is 17.0 Å². The van der Waals surface area contributed by atoms with Crippen molar-refractivity contribution >= 4 is 43.5 Å². The lowest BCUT2D eigenvalue weighted by Crippen LogP contribution is -2.53. The van der Waals surface area contributed by atoms with Gasteiger partial charge in [-0.1, -0.05) is 65.0 Å². The second-order valence-electron chi connectivity index (χ2n) is 10.7. The van der Waals surface area contributed by atoms with Crippen molar-refractivity contribution in [3.05, 3.63) is 88.4 Å². The van der Waals surface area contributed by atoms with Crippen LogP contribution in [-0.4, -0.2) is 50.9 Å². The van der Waals surface area contributed by atoms with Crippen LogP contribution in [0.1, 0.15) is 50.2 Å². The van der Waals surface area contributed by atoms with Crippen molar-refractivity contribution < 1.29 is 22.7 Å². The van der Waals surface area contributed by atoms with Gasteiger partial charge in [0.15, 0.2) is 0 Å². The van der Waals surface area contributed by atoms with E-state index in [1.807, 2.05) is 19.1 Å². The van der Waals surface area contributed by atoms with Crippen LogP contribution in [0.15, 0.2) is 82.2 Å².